The SMILES string of the molecule is CCOc1cc2c(cc1OC)[C@H](c1ccc(OC)c(OC)c1)[NH2+]CC2. The summed E-state index contributed by atoms with van der Waals surface area (Å²) in [5.74, 6) is 3.09. The highest BCUT2D eigenvalue weighted by molar-refractivity contribution is 5.52. The molecular formula is C20H26NO4+. The molecule has 1 heterocycles. The normalized spacial score (nSPS) is 16.1. The number of quaternary nitrogens is 1. The average molecular weight is 344 g/mol. The molecule has 0 bridgehead atoms. The molecule has 0 spiro atoms. The van der Waals surface area contributed by atoms with Gasteiger partial charge in [-0.15, -0.1) is 0 Å². The number of rotatable bonds is 6. The minimum absolute atomic E-state index is 0.202. The Balaban J connectivity index is 2.04. The van der Waals surface area contributed by atoms with Crippen LogP contribution in [0.15, 0.2) is 30.3 Å². The van der Waals surface area contributed by atoms with Crippen LogP contribution in [-0.4, -0.2) is 34.5 Å². The van der Waals surface area contributed by atoms with Crippen LogP contribution in [0.3, 0.4) is 0 Å². The van der Waals surface area contributed by atoms with Gasteiger partial charge in [-0.1, -0.05) is 0 Å². The smallest absolute Gasteiger partial charge is 0.161 e. The minimum atomic E-state index is 0.202. The van der Waals surface area contributed by atoms with Crippen LogP contribution >= 0.6 is 0 Å². The summed E-state index contributed by atoms with van der Waals surface area (Å²) in [7, 11) is 5.00. The highest BCUT2D eigenvalue weighted by Gasteiger charge is 2.28. The van der Waals surface area contributed by atoms with Gasteiger partial charge in [0.05, 0.1) is 34.5 Å². The van der Waals surface area contributed by atoms with Crippen molar-refractivity contribution in [1.82, 2.24) is 0 Å². The summed E-state index contributed by atoms with van der Waals surface area (Å²) in [6.07, 6.45) is 1.02. The van der Waals surface area contributed by atoms with Gasteiger partial charge < -0.3 is 24.3 Å². The molecule has 1 aliphatic rings. The molecule has 0 saturated carbocycles. The summed E-state index contributed by atoms with van der Waals surface area (Å²) in [5.41, 5.74) is 3.76. The fraction of sp³-hybridized carbons (Fsp3) is 0.400. The lowest BCUT2D eigenvalue weighted by Crippen LogP contribution is -2.87. The molecule has 0 saturated heterocycles. The highest BCUT2D eigenvalue weighted by Crippen LogP contribution is 2.37. The topological polar surface area (TPSA) is 53.5 Å². The summed E-state index contributed by atoms with van der Waals surface area (Å²) in [6, 6.07) is 10.5. The van der Waals surface area contributed by atoms with Gasteiger partial charge in [-0.05, 0) is 42.8 Å². The quantitative estimate of drug-likeness (QED) is 0.874. The van der Waals surface area contributed by atoms with Crippen molar-refractivity contribution in [3.8, 4) is 23.0 Å². The number of hydrogen-bond donors (Lipinski definition) is 1. The molecule has 1 aliphatic heterocycles. The monoisotopic (exact) mass is 344 g/mol. The second-order valence-corrected chi connectivity index (χ2v) is 6.00. The average Bonchev–Trinajstić information content (AvgIpc) is 2.66. The zero-order valence-corrected chi connectivity index (χ0v) is 15.3. The predicted molar refractivity (Wildman–Crippen MR) is 96.0 cm³/mol. The number of fused-ring (bicyclic) bond motifs is 1. The summed E-state index contributed by atoms with van der Waals surface area (Å²) < 4.78 is 22.1. The third kappa shape index (κ3) is 3.37. The minimum Gasteiger partial charge on any atom is -0.493 e. The molecule has 0 aromatic heterocycles. The Hall–Kier alpha value is -2.40. The molecule has 2 N–H and O–H groups in total. The number of methoxy groups -OCH3 is 3. The van der Waals surface area contributed by atoms with Crippen LogP contribution in [0.2, 0.25) is 0 Å². The molecule has 2 aromatic rings. The van der Waals surface area contributed by atoms with Crippen LogP contribution < -0.4 is 24.3 Å². The van der Waals surface area contributed by atoms with Gasteiger partial charge in [0.2, 0.25) is 0 Å². The first kappa shape index (κ1) is 17.4. The van der Waals surface area contributed by atoms with E-state index in [0.717, 1.165) is 36.0 Å². The third-order valence-corrected chi connectivity index (χ3v) is 4.64. The van der Waals surface area contributed by atoms with Gasteiger partial charge in [0.15, 0.2) is 23.0 Å². The van der Waals surface area contributed by atoms with Gasteiger partial charge in [-0.3, -0.25) is 0 Å². The number of ether oxygens (including phenoxy) is 4. The zero-order chi connectivity index (χ0) is 17.8. The fourth-order valence-electron chi connectivity index (χ4n) is 3.45. The van der Waals surface area contributed by atoms with E-state index >= 15 is 0 Å². The van der Waals surface area contributed by atoms with Crippen molar-refractivity contribution in [3.05, 3.63) is 47.0 Å². The second kappa shape index (κ2) is 7.66. The zero-order valence-electron chi connectivity index (χ0n) is 15.3. The van der Waals surface area contributed by atoms with E-state index in [4.69, 9.17) is 18.9 Å². The Morgan fingerprint density at radius 3 is 2.32 bits per heavy atom. The van der Waals surface area contributed by atoms with Crippen LogP contribution in [0.5, 0.6) is 23.0 Å². The highest BCUT2D eigenvalue weighted by atomic mass is 16.5. The Morgan fingerprint density at radius 2 is 1.64 bits per heavy atom. The lowest BCUT2D eigenvalue weighted by molar-refractivity contribution is -0.690. The molecule has 0 amide bonds. The molecule has 5 nitrogen and oxygen atoms in total. The van der Waals surface area contributed by atoms with Gasteiger partial charge in [0.1, 0.15) is 6.04 Å². The van der Waals surface area contributed by atoms with Crippen molar-refractivity contribution in [2.24, 2.45) is 0 Å². The number of nitrogens with two attached hydrogens (primary N) is 1. The third-order valence-electron chi connectivity index (χ3n) is 4.64. The van der Waals surface area contributed by atoms with E-state index in [-0.39, 0.29) is 6.04 Å². The Kier molecular flexibility index (Phi) is 5.34. The van der Waals surface area contributed by atoms with Crippen molar-refractivity contribution in [2.45, 2.75) is 19.4 Å². The van der Waals surface area contributed by atoms with Crippen LogP contribution in [0.25, 0.3) is 0 Å². The number of hydrogen-bond acceptors (Lipinski definition) is 4. The largest absolute Gasteiger partial charge is 0.493 e. The molecule has 2 aromatic carbocycles. The van der Waals surface area contributed by atoms with Crippen molar-refractivity contribution >= 4 is 0 Å². The molecule has 134 valence electrons. The van der Waals surface area contributed by atoms with Gasteiger partial charge in [0.25, 0.3) is 0 Å². The first-order valence-corrected chi connectivity index (χ1v) is 8.60. The first-order chi connectivity index (χ1) is 12.2. The second-order valence-electron chi connectivity index (χ2n) is 6.00. The number of benzene rings is 2. The van der Waals surface area contributed by atoms with Gasteiger partial charge >= 0.3 is 0 Å². The van der Waals surface area contributed by atoms with E-state index in [2.05, 4.69) is 29.6 Å². The van der Waals surface area contributed by atoms with Gasteiger partial charge in [0, 0.05) is 17.5 Å². The van der Waals surface area contributed by atoms with E-state index in [1.807, 2.05) is 13.0 Å². The summed E-state index contributed by atoms with van der Waals surface area (Å²) >= 11 is 0. The Bertz CT molecular complexity index is 745. The molecule has 5 heteroatoms. The van der Waals surface area contributed by atoms with Crippen molar-refractivity contribution in [1.29, 1.82) is 0 Å². The molecule has 0 fully saturated rings. The summed E-state index contributed by atoms with van der Waals surface area (Å²) in [4.78, 5) is 0. The maximum absolute atomic E-state index is 5.73. The molecule has 25 heavy (non-hydrogen) atoms. The molecule has 1 atom stereocenters. The molecule has 3 rings (SSSR count). The van der Waals surface area contributed by atoms with Crippen LogP contribution in [-0.2, 0) is 6.42 Å². The van der Waals surface area contributed by atoms with Gasteiger partial charge in [-0.25, -0.2) is 0 Å². The first-order valence-electron chi connectivity index (χ1n) is 8.60. The standard InChI is InChI=1S/C20H25NO4/c1-5-25-19-10-13-8-9-21-20(15(13)12-18(19)24-4)14-6-7-16(22-2)17(11-14)23-3/h6-7,10-12,20-21H,5,8-9H2,1-4H3/p+1/t20-/m0/s1. The van der Waals surface area contributed by atoms with E-state index < -0.39 is 0 Å². The molecule has 0 aliphatic carbocycles. The van der Waals surface area contributed by atoms with E-state index in [1.54, 1.807) is 21.3 Å². The predicted octanol–water partition coefficient (Wildman–Crippen LogP) is 2.32. The molecule has 0 unspecified atom stereocenters. The summed E-state index contributed by atoms with van der Waals surface area (Å²) in [5, 5.41) is 2.35. The van der Waals surface area contributed by atoms with Crippen LogP contribution in [0.4, 0.5) is 0 Å². The van der Waals surface area contributed by atoms with Crippen molar-refractivity contribution < 1.29 is 24.3 Å². The fourth-order valence-corrected chi connectivity index (χ4v) is 3.45. The van der Waals surface area contributed by atoms with Crippen LogP contribution in [0.1, 0.15) is 29.7 Å². The summed E-state index contributed by atoms with van der Waals surface area (Å²) in [6.45, 7) is 3.64. The molecule has 0 radical (unpaired) electrons. The maximum atomic E-state index is 5.73. The maximum Gasteiger partial charge on any atom is 0.161 e. The van der Waals surface area contributed by atoms with E-state index in [0.29, 0.717) is 6.61 Å². The Labute approximate surface area is 148 Å². The van der Waals surface area contributed by atoms with E-state index in [9.17, 15) is 0 Å². The molecular weight excluding hydrogens is 318 g/mol. The van der Waals surface area contributed by atoms with Crippen LogP contribution in [0, 0.1) is 0 Å². The van der Waals surface area contributed by atoms with Gasteiger partial charge in [-0.2, -0.15) is 0 Å². The Morgan fingerprint density at radius 1 is 0.920 bits per heavy atom. The lowest BCUT2D eigenvalue weighted by atomic mass is 9.89. The van der Waals surface area contributed by atoms with Crippen molar-refractivity contribution in [3.63, 3.8) is 0 Å². The van der Waals surface area contributed by atoms with E-state index in [1.165, 1.54) is 16.7 Å². The lowest BCUT2D eigenvalue weighted by Gasteiger charge is -2.26. The van der Waals surface area contributed by atoms with Crippen molar-refractivity contribution in [2.75, 3.05) is 34.5 Å².